The summed E-state index contributed by atoms with van der Waals surface area (Å²) in [4.78, 5) is 50.8. The lowest BCUT2D eigenvalue weighted by molar-refractivity contribution is -0.0730. The minimum atomic E-state index is -5.74. The summed E-state index contributed by atoms with van der Waals surface area (Å²) in [7, 11) is -16.8. The fraction of sp³-hybridized carbons (Fsp3) is 0.455. The first kappa shape index (κ1) is 24.8. The molecule has 2 unspecified atom stereocenters. The van der Waals surface area contributed by atoms with Crippen molar-refractivity contribution in [1.82, 2.24) is 9.55 Å². The Hall–Kier alpha value is -1.46. The van der Waals surface area contributed by atoms with Crippen LogP contribution in [-0.4, -0.2) is 47.5 Å². The standard InChI is InChI=1S/C11H15FN3O12P3/c1-2-11(6-24-29(20,21)27-30(22,23)26-28(17,18)19)5-7(12)9(25-11)15-4-3-8(13)14-10(15)16/h1,3-4,7,9H,5-6H2,(H,20,21)(H,22,23)(H2,13,14,16)(H2,17,18,19)/t7-,9+,11-/m0/s1. The molecule has 6 N–H and O–H groups in total. The molecule has 0 aromatic carbocycles. The molecule has 0 saturated carbocycles. The molecule has 15 nitrogen and oxygen atoms in total. The average Bonchev–Trinajstić information content (AvgIpc) is 2.87. The van der Waals surface area contributed by atoms with Crippen LogP contribution in [0.5, 0.6) is 0 Å². The fourth-order valence-electron chi connectivity index (χ4n) is 2.34. The van der Waals surface area contributed by atoms with Gasteiger partial charge >= 0.3 is 29.2 Å². The number of nitrogens with zero attached hydrogens (tertiary/aromatic N) is 2. The smallest absolute Gasteiger partial charge is 0.383 e. The maximum Gasteiger partial charge on any atom is 0.490 e. The highest BCUT2D eigenvalue weighted by Crippen LogP contribution is 2.66. The Bertz CT molecular complexity index is 1050. The molecular formula is C11H15FN3O12P3. The first-order valence-corrected chi connectivity index (χ1v) is 12.0. The van der Waals surface area contributed by atoms with E-state index in [1.807, 2.05) is 5.92 Å². The van der Waals surface area contributed by atoms with Gasteiger partial charge in [-0.3, -0.25) is 9.09 Å². The van der Waals surface area contributed by atoms with Crippen LogP contribution in [0.15, 0.2) is 17.1 Å². The van der Waals surface area contributed by atoms with Gasteiger partial charge in [-0.25, -0.2) is 22.9 Å². The number of terminal acetylenes is 1. The van der Waals surface area contributed by atoms with Crippen LogP contribution in [0.4, 0.5) is 10.2 Å². The van der Waals surface area contributed by atoms with Crippen LogP contribution in [0.25, 0.3) is 0 Å². The molecule has 0 spiro atoms. The Morgan fingerprint density at radius 2 is 1.97 bits per heavy atom. The number of nitrogens with two attached hydrogens (primary N) is 1. The molecule has 1 fully saturated rings. The lowest BCUT2D eigenvalue weighted by Gasteiger charge is -2.24. The van der Waals surface area contributed by atoms with E-state index in [4.69, 9.17) is 31.6 Å². The molecule has 1 saturated heterocycles. The predicted octanol–water partition coefficient (Wildman–Crippen LogP) is -0.202. The third kappa shape index (κ3) is 6.52. The fourth-order valence-corrected chi connectivity index (χ4v) is 5.40. The van der Waals surface area contributed by atoms with Gasteiger partial charge in [-0.1, -0.05) is 5.92 Å². The van der Waals surface area contributed by atoms with E-state index in [0.717, 1.165) is 10.8 Å². The van der Waals surface area contributed by atoms with E-state index in [9.17, 15) is 27.8 Å². The maximum atomic E-state index is 14.5. The molecule has 5 atom stereocenters. The number of alkyl halides is 1. The van der Waals surface area contributed by atoms with Gasteiger partial charge < -0.3 is 30.0 Å². The van der Waals surface area contributed by atoms with Gasteiger partial charge in [0.15, 0.2) is 11.8 Å². The number of nitrogen functional groups attached to an aromatic ring is 1. The number of aromatic nitrogens is 2. The van der Waals surface area contributed by atoms with E-state index < -0.39 is 60.2 Å². The maximum absolute atomic E-state index is 14.5. The second-order valence-corrected chi connectivity index (χ2v) is 10.2. The van der Waals surface area contributed by atoms with Gasteiger partial charge in [0.25, 0.3) is 0 Å². The number of hydrogen-bond donors (Lipinski definition) is 5. The highest BCUT2D eigenvalue weighted by atomic mass is 31.3. The molecule has 0 bridgehead atoms. The Morgan fingerprint density at radius 3 is 2.50 bits per heavy atom. The molecule has 0 aliphatic carbocycles. The number of rotatable bonds is 8. The minimum Gasteiger partial charge on any atom is -0.383 e. The predicted molar refractivity (Wildman–Crippen MR) is 93.9 cm³/mol. The molecule has 1 aromatic heterocycles. The summed E-state index contributed by atoms with van der Waals surface area (Å²) < 4.78 is 65.7. The summed E-state index contributed by atoms with van der Waals surface area (Å²) in [6, 6.07) is 1.18. The first-order valence-electron chi connectivity index (χ1n) is 7.50. The lowest BCUT2D eigenvalue weighted by atomic mass is 10.0. The van der Waals surface area contributed by atoms with Crippen molar-refractivity contribution >= 4 is 29.3 Å². The van der Waals surface area contributed by atoms with Crippen molar-refractivity contribution in [3.63, 3.8) is 0 Å². The second-order valence-electron chi connectivity index (χ2n) is 5.77. The van der Waals surface area contributed by atoms with Crippen molar-refractivity contribution in [1.29, 1.82) is 0 Å². The molecule has 1 aliphatic rings. The summed E-state index contributed by atoms with van der Waals surface area (Å²) in [5, 5.41) is 0. The quantitative estimate of drug-likeness (QED) is 0.233. The zero-order valence-corrected chi connectivity index (χ0v) is 17.2. The first-order chi connectivity index (χ1) is 13.6. The summed E-state index contributed by atoms with van der Waals surface area (Å²) >= 11 is 0. The van der Waals surface area contributed by atoms with Crippen LogP contribution in [0, 0.1) is 12.3 Å². The minimum absolute atomic E-state index is 0.138. The van der Waals surface area contributed by atoms with Crippen molar-refractivity contribution in [2.24, 2.45) is 0 Å². The summed E-state index contributed by atoms with van der Waals surface area (Å²) in [5.41, 5.74) is 2.34. The molecule has 30 heavy (non-hydrogen) atoms. The van der Waals surface area contributed by atoms with Crippen molar-refractivity contribution in [2.45, 2.75) is 24.4 Å². The molecule has 1 aliphatic heterocycles. The summed E-state index contributed by atoms with van der Waals surface area (Å²) in [6.07, 6.45) is 2.21. The van der Waals surface area contributed by atoms with Crippen molar-refractivity contribution < 1.29 is 55.5 Å². The molecule has 0 amide bonds. The van der Waals surface area contributed by atoms with E-state index in [2.05, 4.69) is 18.1 Å². The van der Waals surface area contributed by atoms with Crippen molar-refractivity contribution in [2.75, 3.05) is 12.3 Å². The number of phosphoric acid groups is 3. The number of ether oxygens (including phenoxy) is 1. The summed E-state index contributed by atoms with van der Waals surface area (Å²) in [5.74, 6) is 1.85. The van der Waals surface area contributed by atoms with E-state index in [1.54, 1.807) is 0 Å². The number of hydrogen-bond acceptors (Lipinski definition) is 10. The molecule has 0 radical (unpaired) electrons. The van der Waals surface area contributed by atoms with Gasteiger partial charge in [0.05, 0.1) is 6.61 Å². The van der Waals surface area contributed by atoms with Crippen molar-refractivity contribution in [3.8, 4) is 12.3 Å². The van der Waals surface area contributed by atoms with E-state index in [0.29, 0.717) is 0 Å². The molecule has 2 heterocycles. The third-order valence-electron chi connectivity index (χ3n) is 3.45. The largest absolute Gasteiger partial charge is 0.490 e. The Kier molecular flexibility index (Phi) is 7.10. The van der Waals surface area contributed by atoms with Crippen molar-refractivity contribution in [3.05, 3.63) is 22.7 Å². The van der Waals surface area contributed by atoms with Crippen LogP contribution >= 0.6 is 23.5 Å². The molecular weight excluding hydrogens is 478 g/mol. The Labute approximate surface area is 167 Å². The topological polar surface area (TPSA) is 230 Å². The molecule has 168 valence electrons. The van der Waals surface area contributed by atoms with Crippen LogP contribution in [-0.2, 0) is 31.6 Å². The SMILES string of the molecule is C#C[C@@]1(COP(=O)(O)OP(=O)(O)OP(=O)(O)O)C[C@H](F)[C@H](n2ccc(N)nc2=O)O1. The number of halogens is 1. The zero-order valence-electron chi connectivity index (χ0n) is 14.5. The van der Waals surface area contributed by atoms with Crippen LogP contribution in [0.1, 0.15) is 12.6 Å². The average molecular weight is 493 g/mol. The van der Waals surface area contributed by atoms with E-state index in [-0.39, 0.29) is 5.82 Å². The van der Waals surface area contributed by atoms with Crippen LogP contribution in [0.3, 0.4) is 0 Å². The monoisotopic (exact) mass is 493 g/mol. The van der Waals surface area contributed by atoms with Gasteiger partial charge in [-0.15, -0.1) is 6.42 Å². The Morgan fingerprint density at radius 1 is 1.33 bits per heavy atom. The van der Waals surface area contributed by atoms with E-state index >= 15 is 0 Å². The molecule has 1 aromatic rings. The highest BCUT2D eigenvalue weighted by molar-refractivity contribution is 7.66. The second kappa shape index (κ2) is 8.58. The van der Waals surface area contributed by atoms with Gasteiger partial charge in [-0.2, -0.15) is 13.6 Å². The summed E-state index contributed by atoms with van der Waals surface area (Å²) in [6.45, 7) is -1.08. The third-order valence-corrected chi connectivity index (χ3v) is 7.23. The normalized spacial score (nSPS) is 28.4. The van der Waals surface area contributed by atoms with E-state index in [1.165, 1.54) is 6.07 Å². The zero-order chi connectivity index (χ0) is 23.0. The lowest BCUT2D eigenvalue weighted by Crippen LogP contribution is -2.34. The van der Waals surface area contributed by atoms with Crippen LogP contribution < -0.4 is 11.4 Å². The molecule has 2 rings (SSSR count). The number of phosphoric ester groups is 1. The van der Waals surface area contributed by atoms with Gasteiger partial charge in [0.2, 0.25) is 0 Å². The highest BCUT2D eigenvalue weighted by Gasteiger charge is 2.50. The van der Waals surface area contributed by atoms with Gasteiger partial charge in [-0.05, 0) is 6.07 Å². The number of anilines is 1. The van der Waals surface area contributed by atoms with Crippen LogP contribution in [0.2, 0.25) is 0 Å². The molecule has 19 heteroatoms. The van der Waals surface area contributed by atoms with Gasteiger partial charge in [0.1, 0.15) is 12.0 Å². The van der Waals surface area contributed by atoms with Gasteiger partial charge in [0, 0.05) is 12.6 Å². The Balaban J connectivity index is 2.14.